The Labute approximate surface area is 91.7 Å². The van der Waals surface area contributed by atoms with Crippen molar-refractivity contribution in [3.8, 4) is 12.1 Å². The molecule has 0 saturated heterocycles. The lowest BCUT2D eigenvalue weighted by atomic mass is 10.0. The summed E-state index contributed by atoms with van der Waals surface area (Å²) in [7, 11) is 0. The molecule has 0 spiro atoms. The Hall–Kier alpha value is -2.59. The number of nitrogens with one attached hydrogen (secondary N) is 1. The van der Waals surface area contributed by atoms with E-state index in [1.54, 1.807) is 24.3 Å². The monoisotopic (exact) mass is 209 g/mol. The number of carbonyl (C=O) groups excluding carboxylic acids is 1. The van der Waals surface area contributed by atoms with Gasteiger partial charge in [-0.2, -0.15) is 10.5 Å². The summed E-state index contributed by atoms with van der Waals surface area (Å²) in [6.45, 7) is 0. The fourth-order valence-corrected chi connectivity index (χ4v) is 1.71. The van der Waals surface area contributed by atoms with Crippen molar-refractivity contribution < 1.29 is 4.79 Å². The van der Waals surface area contributed by atoms with Crippen molar-refractivity contribution >= 4 is 17.1 Å². The molecule has 0 saturated carbocycles. The predicted molar refractivity (Wildman–Crippen MR) is 57.7 cm³/mol. The third-order valence-corrected chi connectivity index (χ3v) is 2.44. The van der Waals surface area contributed by atoms with E-state index in [1.807, 2.05) is 12.1 Å². The molecule has 16 heavy (non-hydrogen) atoms. The fraction of sp³-hybridized carbons (Fsp3) is 0.0833. The number of benzene rings is 1. The fourth-order valence-electron chi connectivity index (χ4n) is 1.71. The molecule has 0 bridgehead atoms. The molecule has 76 valence electrons. The summed E-state index contributed by atoms with van der Waals surface area (Å²) >= 11 is 0. The van der Waals surface area contributed by atoms with Gasteiger partial charge in [0, 0.05) is 10.8 Å². The average Bonchev–Trinajstić information content (AvgIpc) is 2.70. The second kappa shape index (κ2) is 3.88. The Bertz CT molecular complexity index is 614. The number of nitriles is 2. The van der Waals surface area contributed by atoms with Gasteiger partial charge in [-0.25, -0.2) is 0 Å². The Morgan fingerprint density at radius 2 is 1.81 bits per heavy atom. The molecule has 1 aromatic heterocycles. The maximum absolute atomic E-state index is 10.8. The van der Waals surface area contributed by atoms with Crippen molar-refractivity contribution in [3.05, 3.63) is 35.7 Å². The molecule has 2 aromatic rings. The molecule has 0 fully saturated rings. The van der Waals surface area contributed by atoms with Crippen LogP contribution in [0, 0.1) is 22.7 Å². The van der Waals surface area contributed by atoms with E-state index in [2.05, 4.69) is 4.98 Å². The zero-order valence-electron chi connectivity index (χ0n) is 8.27. The quantitative estimate of drug-likeness (QED) is 0.769. The normalized spacial score (nSPS) is 9.94. The van der Waals surface area contributed by atoms with Crippen molar-refractivity contribution in [2.24, 2.45) is 0 Å². The van der Waals surface area contributed by atoms with Gasteiger partial charge in [-0.3, -0.25) is 4.79 Å². The molecule has 1 heterocycles. The van der Waals surface area contributed by atoms with Gasteiger partial charge >= 0.3 is 0 Å². The van der Waals surface area contributed by atoms with Gasteiger partial charge in [0.05, 0.1) is 23.5 Å². The largest absolute Gasteiger partial charge is 0.353 e. The predicted octanol–water partition coefficient (Wildman–Crippen LogP) is 2.11. The van der Waals surface area contributed by atoms with Gasteiger partial charge in [-0.05, 0) is 0 Å². The number of nitrogens with zero attached hydrogens (tertiary/aromatic N) is 2. The van der Waals surface area contributed by atoms with E-state index in [1.165, 1.54) is 0 Å². The van der Waals surface area contributed by atoms with Crippen LogP contribution in [0.25, 0.3) is 10.8 Å². The topological polar surface area (TPSA) is 80.4 Å². The molecule has 0 radical (unpaired) electrons. The first-order valence-corrected chi connectivity index (χ1v) is 4.66. The average molecular weight is 209 g/mol. The first kappa shape index (κ1) is 9.95. The third-order valence-electron chi connectivity index (χ3n) is 2.44. The molecular weight excluding hydrogens is 202 g/mol. The Balaban J connectivity index is 2.78. The highest BCUT2D eigenvalue weighted by Gasteiger charge is 2.17. The number of aldehydes is 1. The highest BCUT2D eigenvalue weighted by atomic mass is 16.1. The minimum Gasteiger partial charge on any atom is -0.353 e. The van der Waals surface area contributed by atoms with Crippen LogP contribution in [-0.2, 0) is 0 Å². The van der Waals surface area contributed by atoms with Crippen molar-refractivity contribution in [1.82, 2.24) is 4.98 Å². The summed E-state index contributed by atoms with van der Waals surface area (Å²) in [5.74, 6) is -0.876. The Kier molecular flexibility index (Phi) is 2.41. The zero-order chi connectivity index (χ0) is 11.5. The van der Waals surface area contributed by atoms with Gasteiger partial charge in [0.15, 0.2) is 12.2 Å². The standard InChI is InChI=1S/C12H7N3O/c13-5-8(6-14)12-10-4-2-1-3-9(10)11(7-16)15-12/h1-4,7-8,15H. The molecular formula is C12H7N3O. The smallest absolute Gasteiger partial charge is 0.173 e. The first-order chi connectivity index (χ1) is 7.81. The van der Waals surface area contributed by atoms with Crippen molar-refractivity contribution in [2.45, 2.75) is 5.92 Å². The highest BCUT2D eigenvalue weighted by molar-refractivity contribution is 5.99. The summed E-state index contributed by atoms with van der Waals surface area (Å²) in [6, 6.07) is 11.0. The molecule has 4 nitrogen and oxygen atoms in total. The van der Waals surface area contributed by atoms with E-state index in [4.69, 9.17) is 10.5 Å². The van der Waals surface area contributed by atoms with Crippen LogP contribution in [0.5, 0.6) is 0 Å². The highest BCUT2D eigenvalue weighted by Crippen LogP contribution is 2.26. The number of fused-ring (bicyclic) bond motifs is 1. The summed E-state index contributed by atoms with van der Waals surface area (Å²) in [5, 5.41) is 19.2. The van der Waals surface area contributed by atoms with Gasteiger partial charge < -0.3 is 4.98 Å². The van der Waals surface area contributed by atoms with E-state index in [0.717, 1.165) is 10.8 Å². The lowest BCUT2D eigenvalue weighted by molar-refractivity contribution is 0.112. The number of hydrogen-bond donors (Lipinski definition) is 1. The molecule has 0 aliphatic carbocycles. The van der Waals surface area contributed by atoms with Crippen LogP contribution in [0.4, 0.5) is 0 Å². The SMILES string of the molecule is N#CC(C#N)c1[nH]c(C=O)c2ccccc12. The maximum Gasteiger partial charge on any atom is 0.173 e. The number of rotatable bonds is 2. The van der Waals surface area contributed by atoms with Crippen molar-refractivity contribution in [3.63, 3.8) is 0 Å². The lowest BCUT2D eigenvalue weighted by Gasteiger charge is -1.96. The van der Waals surface area contributed by atoms with E-state index in [0.29, 0.717) is 17.7 Å². The molecule has 1 N–H and O–H groups in total. The molecule has 1 aromatic carbocycles. The van der Waals surface area contributed by atoms with Crippen LogP contribution in [-0.4, -0.2) is 11.3 Å². The molecule has 0 aliphatic heterocycles. The second-order valence-corrected chi connectivity index (χ2v) is 3.31. The van der Waals surface area contributed by atoms with Gasteiger partial charge in [0.25, 0.3) is 0 Å². The zero-order valence-corrected chi connectivity index (χ0v) is 8.27. The van der Waals surface area contributed by atoms with Gasteiger partial charge in [-0.15, -0.1) is 0 Å². The summed E-state index contributed by atoms with van der Waals surface area (Å²) in [4.78, 5) is 13.7. The Morgan fingerprint density at radius 3 is 2.38 bits per heavy atom. The van der Waals surface area contributed by atoms with Crippen LogP contribution < -0.4 is 0 Å². The van der Waals surface area contributed by atoms with Crippen LogP contribution >= 0.6 is 0 Å². The molecule has 4 heteroatoms. The second-order valence-electron chi connectivity index (χ2n) is 3.31. The number of carbonyl (C=O) groups is 1. The van der Waals surface area contributed by atoms with E-state index >= 15 is 0 Å². The van der Waals surface area contributed by atoms with Crippen molar-refractivity contribution in [2.75, 3.05) is 0 Å². The summed E-state index contributed by atoms with van der Waals surface area (Å²) in [6.07, 6.45) is 0.692. The van der Waals surface area contributed by atoms with Gasteiger partial charge in [-0.1, -0.05) is 24.3 Å². The molecule has 2 rings (SSSR count). The first-order valence-electron chi connectivity index (χ1n) is 4.66. The third kappa shape index (κ3) is 1.34. The molecule has 0 amide bonds. The molecule has 0 aliphatic rings. The number of hydrogen-bond acceptors (Lipinski definition) is 3. The van der Waals surface area contributed by atoms with Crippen LogP contribution in [0.2, 0.25) is 0 Å². The summed E-state index contributed by atoms with van der Waals surface area (Å²) < 4.78 is 0. The van der Waals surface area contributed by atoms with Gasteiger partial charge in [0.2, 0.25) is 0 Å². The molecule has 0 atom stereocenters. The van der Waals surface area contributed by atoms with Crippen LogP contribution in [0.3, 0.4) is 0 Å². The van der Waals surface area contributed by atoms with E-state index in [9.17, 15) is 4.79 Å². The van der Waals surface area contributed by atoms with Crippen LogP contribution in [0.15, 0.2) is 24.3 Å². The van der Waals surface area contributed by atoms with Crippen LogP contribution in [0.1, 0.15) is 22.1 Å². The van der Waals surface area contributed by atoms with Crippen molar-refractivity contribution in [1.29, 1.82) is 10.5 Å². The molecule has 0 unspecified atom stereocenters. The summed E-state index contributed by atoms with van der Waals surface area (Å²) in [5.41, 5.74) is 0.892. The van der Waals surface area contributed by atoms with Gasteiger partial charge in [0.1, 0.15) is 0 Å². The maximum atomic E-state index is 10.8. The van der Waals surface area contributed by atoms with E-state index < -0.39 is 5.92 Å². The number of aromatic nitrogens is 1. The minimum atomic E-state index is -0.876. The lowest BCUT2D eigenvalue weighted by Crippen LogP contribution is -1.93. The Morgan fingerprint density at radius 1 is 1.19 bits per heavy atom. The van der Waals surface area contributed by atoms with E-state index in [-0.39, 0.29) is 0 Å². The number of H-pyrrole nitrogens is 1. The minimum absolute atomic E-state index is 0.404. The number of aromatic amines is 1.